The van der Waals surface area contributed by atoms with Gasteiger partial charge in [-0.15, -0.1) is 0 Å². The molecule has 0 aliphatic heterocycles. The lowest BCUT2D eigenvalue weighted by molar-refractivity contribution is -0.136. The number of carbonyl (C=O) groups excluding carboxylic acids is 1. The van der Waals surface area contributed by atoms with E-state index >= 15 is 0 Å². The highest BCUT2D eigenvalue weighted by Crippen LogP contribution is 2.37. The number of carbonyl (C=O) groups is 1. The molecule has 6 heteroatoms. The van der Waals surface area contributed by atoms with Crippen molar-refractivity contribution in [2.75, 3.05) is 13.2 Å². The Kier molecular flexibility index (Phi) is 6.88. The van der Waals surface area contributed by atoms with Gasteiger partial charge in [0.15, 0.2) is 18.1 Å². The van der Waals surface area contributed by atoms with Crippen LogP contribution in [-0.2, 0) is 4.79 Å². The van der Waals surface area contributed by atoms with Gasteiger partial charge in [-0.3, -0.25) is 0 Å². The third-order valence-electron chi connectivity index (χ3n) is 3.97. The van der Waals surface area contributed by atoms with Gasteiger partial charge in [0.2, 0.25) is 0 Å². The van der Waals surface area contributed by atoms with Crippen molar-refractivity contribution in [1.29, 1.82) is 5.26 Å². The average Bonchev–Trinajstić information content (AvgIpc) is 2.75. The lowest BCUT2D eigenvalue weighted by atomic mass is 10.1. The van der Waals surface area contributed by atoms with E-state index in [-0.39, 0.29) is 12.4 Å². The van der Waals surface area contributed by atoms with Crippen LogP contribution < -0.4 is 14.2 Å². The van der Waals surface area contributed by atoms with Crippen LogP contribution in [0.3, 0.4) is 0 Å². The maximum Gasteiger partial charge on any atom is 0.349 e. The van der Waals surface area contributed by atoms with E-state index in [0.29, 0.717) is 28.1 Å². The molecule has 0 fully saturated rings. The standard InChI is InChI=1S/C23H18BrNO4/c1-2-27-21-13-16(14-25)12-19(24)23(21)29-22(26)15-28-20-11-7-6-10-18(20)17-8-4-3-5-9-17/h3-13H,2,15H2,1H3. The average molecular weight is 452 g/mol. The second-order valence-electron chi connectivity index (χ2n) is 5.96. The minimum absolute atomic E-state index is 0.218. The maximum atomic E-state index is 12.4. The number of ether oxygens (including phenoxy) is 3. The van der Waals surface area contributed by atoms with Crippen molar-refractivity contribution in [2.45, 2.75) is 6.92 Å². The van der Waals surface area contributed by atoms with Crippen LogP contribution in [0.25, 0.3) is 11.1 Å². The maximum absolute atomic E-state index is 12.4. The Balaban J connectivity index is 1.75. The van der Waals surface area contributed by atoms with Crippen LogP contribution in [0, 0.1) is 11.3 Å². The van der Waals surface area contributed by atoms with Crippen molar-refractivity contribution in [1.82, 2.24) is 0 Å². The van der Waals surface area contributed by atoms with E-state index < -0.39 is 5.97 Å². The SMILES string of the molecule is CCOc1cc(C#N)cc(Br)c1OC(=O)COc1ccccc1-c1ccccc1. The molecule has 0 spiro atoms. The van der Waals surface area contributed by atoms with E-state index in [4.69, 9.17) is 19.5 Å². The number of rotatable bonds is 7. The lowest BCUT2D eigenvalue weighted by Crippen LogP contribution is -2.18. The fraction of sp³-hybridized carbons (Fsp3) is 0.130. The molecule has 0 N–H and O–H groups in total. The third-order valence-corrected chi connectivity index (χ3v) is 4.56. The second-order valence-corrected chi connectivity index (χ2v) is 6.81. The summed E-state index contributed by atoms with van der Waals surface area (Å²) in [5.41, 5.74) is 2.27. The Labute approximate surface area is 177 Å². The summed E-state index contributed by atoms with van der Waals surface area (Å²) in [5.74, 6) is 0.533. The Hall–Kier alpha value is -3.30. The molecule has 0 heterocycles. The van der Waals surface area contributed by atoms with Crippen molar-refractivity contribution in [3.63, 3.8) is 0 Å². The number of esters is 1. The van der Waals surface area contributed by atoms with Crippen LogP contribution in [-0.4, -0.2) is 19.2 Å². The molecule has 0 unspecified atom stereocenters. The van der Waals surface area contributed by atoms with Gasteiger partial charge in [0.1, 0.15) is 5.75 Å². The lowest BCUT2D eigenvalue weighted by Gasteiger charge is -2.14. The zero-order chi connectivity index (χ0) is 20.6. The van der Waals surface area contributed by atoms with E-state index in [1.807, 2.05) is 61.5 Å². The Morgan fingerprint density at radius 2 is 1.72 bits per heavy atom. The molecule has 29 heavy (non-hydrogen) atoms. The smallest absolute Gasteiger partial charge is 0.349 e. The molecule has 0 bridgehead atoms. The van der Waals surface area contributed by atoms with Gasteiger partial charge in [-0.1, -0.05) is 48.5 Å². The summed E-state index contributed by atoms with van der Waals surface area (Å²) in [6.45, 7) is 1.90. The van der Waals surface area contributed by atoms with E-state index in [2.05, 4.69) is 15.9 Å². The molecule has 3 rings (SSSR count). The van der Waals surface area contributed by atoms with Gasteiger partial charge >= 0.3 is 5.97 Å². The first-order valence-corrected chi connectivity index (χ1v) is 9.76. The first-order valence-electron chi connectivity index (χ1n) is 8.96. The molecule has 0 aliphatic carbocycles. The molecule has 0 atom stereocenters. The minimum atomic E-state index is -0.584. The normalized spacial score (nSPS) is 10.1. The summed E-state index contributed by atoms with van der Waals surface area (Å²) >= 11 is 3.33. The molecule has 0 radical (unpaired) electrons. The number of benzene rings is 3. The molecule has 3 aromatic carbocycles. The van der Waals surface area contributed by atoms with E-state index in [0.717, 1.165) is 11.1 Å². The molecule has 0 saturated heterocycles. The molecule has 146 valence electrons. The summed E-state index contributed by atoms with van der Waals surface area (Å²) in [5, 5.41) is 9.10. The molecule has 5 nitrogen and oxygen atoms in total. The van der Waals surface area contributed by atoms with Gasteiger partial charge in [-0.25, -0.2) is 4.79 Å². The quantitative estimate of drug-likeness (QED) is 0.356. The van der Waals surface area contributed by atoms with Gasteiger partial charge in [-0.2, -0.15) is 5.26 Å². The van der Waals surface area contributed by atoms with Gasteiger partial charge in [0.25, 0.3) is 0 Å². The predicted molar refractivity (Wildman–Crippen MR) is 113 cm³/mol. The van der Waals surface area contributed by atoms with Crippen LogP contribution in [0.1, 0.15) is 12.5 Å². The summed E-state index contributed by atoms with van der Waals surface area (Å²) in [6, 6.07) is 22.4. The van der Waals surface area contributed by atoms with Gasteiger partial charge in [-0.05, 0) is 40.5 Å². The number of para-hydroxylation sites is 1. The first kappa shape index (κ1) is 20.4. The Morgan fingerprint density at radius 1 is 1.00 bits per heavy atom. The zero-order valence-corrected chi connectivity index (χ0v) is 17.3. The summed E-state index contributed by atoms with van der Waals surface area (Å²) in [6.07, 6.45) is 0. The van der Waals surface area contributed by atoms with Gasteiger partial charge in [0.05, 0.1) is 22.7 Å². The molecule has 0 amide bonds. The zero-order valence-electron chi connectivity index (χ0n) is 15.7. The largest absolute Gasteiger partial charge is 0.490 e. The highest BCUT2D eigenvalue weighted by molar-refractivity contribution is 9.10. The van der Waals surface area contributed by atoms with Gasteiger partial charge < -0.3 is 14.2 Å². The second kappa shape index (κ2) is 9.76. The highest BCUT2D eigenvalue weighted by Gasteiger charge is 2.17. The number of nitrogens with zero attached hydrogens (tertiary/aromatic N) is 1. The molecule has 0 aliphatic rings. The van der Waals surface area contributed by atoms with Crippen molar-refractivity contribution in [3.05, 3.63) is 76.8 Å². The van der Waals surface area contributed by atoms with E-state index in [1.54, 1.807) is 12.1 Å². The number of halogens is 1. The number of hydrogen-bond donors (Lipinski definition) is 0. The van der Waals surface area contributed by atoms with Crippen LogP contribution in [0.5, 0.6) is 17.2 Å². The van der Waals surface area contributed by atoms with E-state index in [1.165, 1.54) is 6.07 Å². The van der Waals surface area contributed by atoms with Crippen molar-refractivity contribution < 1.29 is 19.0 Å². The fourth-order valence-corrected chi connectivity index (χ4v) is 3.25. The van der Waals surface area contributed by atoms with Crippen LogP contribution >= 0.6 is 15.9 Å². The topological polar surface area (TPSA) is 68.5 Å². The fourth-order valence-electron chi connectivity index (χ4n) is 2.72. The Bertz CT molecular complexity index is 1040. The van der Waals surface area contributed by atoms with Gasteiger partial charge in [0, 0.05) is 11.6 Å². The van der Waals surface area contributed by atoms with Crippen molar-refractivity contribution in [2.24, 2.45) is 0 Å². The van der Waals surface area contributed by atoms with Crippen LogP contribution in [0.4, 0.5) is 0 Å². The molecule has 0 saturated carbocycles. The Morgan fingerprint density at radius 3 is 2.45 bits per heavy atom. The molecule has 3 aromatic rings. The third kappa shape index (κ3) is 5.15. The number of nitriles is 1. The highest BCUT2D eigenvalue weighted by atomic mass is 79.9. The van der Waals surface area contributed by atoms with Crippen LogP contribution in [0.2, 0.25) is 0 Å². The van der Waals surface area contributed by atoms with Crippen molar-refractivity contribution in [3.8, 4) is 34.4 Å². The molecule has 0 aromatic heterocycles. The molecular weight excluding hydrogens is 434 g/mol. The van der Waals surface area contributed by atoms with Crippen molar-refractivity contribution >= 4 is 21.9 Å². The first-order chi connectivity index (χ1) is 14.1. The summed E-state index contributed by atoms with van der Waals surface area (Å²) in [7, 11) is 0. The minimum Gasteiger partial charge on any atom is -0.490 e. The molecular formula is C23H18BrNO4. The van der Waals surface area contributed by atoms with Crippen LogP contribution in [0.15, 0.2) is 71.2 Å². The summed E-state index contributed by atoms with van der Waals surface area (Å²) < 4.78 is 17.1. The monoisotopic (exact) mass is 451 g/mol. The predicted octanol–water partition coefficient (Wildman–Crippen LogP) is 5.37. The summed E-state index contributed by atoms with van der Waals surface area (Å²) in [4.78, 5) is 12.4. The number of hydrogen-bond acceptors (Lipinski definition) is 5. The van der Waals surface area contributed by atoms with E-state index in [9.17, 15) is 4.79 Å².